The number of halogens is 1. The normalized spacial score (nSPS) is 20.4. The minimum atomic E-state index is -0.162. The van der Waals surface area contributed by atoms with Crippen molar-refractivity contribution in [3.8, 4) is 0 Å². The van der Waals surface area contributed by atoms with Crippen molar-refractivity contribution in [2.75, 3.05) is 14.2 Å². The smallest absolute Gasteiger partial charge is 0.123 e. The lowest BCUT2D eigenvalue weighted by atomic mass is 9.83. The zero-order valence-electron chi connectivity index (χ0n) is 12.6. The molecule has 2 nitrogen and oxygen atoms in total. The third-order valence-corrected chi connectivity index (χ3v) is 4.67. The summed E-state index contributed by atoms with van der Waals surface area (Å²) in [5, 5.41) is 3.41. The van der Waals surface area contributed by atoms with Crippen molar-refractivity contribution in [2.45, 2.75) is 56.6 Å². The Labute approximate surface area is 121 Å². The Morgan fingerprint density at radius 3 is 2.50 bits per heavy atom. The summed E-state index contributed by atoms with van der Waals surface area (Å²) in [6, 6.07) is 7.13. The summed E-state index contributed by atoms with van der Waals surface area (Å²) in [4.78, 5) is 0. The van der Waals surface area contributed by atoms with Crippen LogP contribution in [0.4, 0.5) is 4.39 Å². The number of ether oxygens (including phenoxy) is 1. The molecule has 0 saturated heterocycles. The number of hydrogen-bond donors (Lipinski definition) is 1. The monoisotopic (exact) mass is 279 g/mol. The van der Waals surface area contributed by atoms with E-state index in [0.717, 1.165) is 24.8 Å². The fourth-order valence-corrected chi connectivity index (χ4v) is 3.47. The Morgan fingerprint density at radius 2 is 1.95 bits per heavy atom. The molecule has 0 aromatic heterocycles. The summed E-state index contributed by atoms with van der Waals surface area (Å²) >= 11 is 0. The molecular weight excluding hydrogens is 253 g/mol. The van der Waals surface area contributed by atoms with E-state index in [9.17, 15) is 4.39 Å². The third kappa shape index (κ3) is 3.58. The van der Waals surface area contributed by atoms with Gasteiger partial charge in [0, 0.05) is 13.2 Å². The molecule has 0 bridgehead atoms. The van der Waals surface area contributed by atoms with Crippen LogP contribution < -0.4 is 5.32 Å². The van der Waals surface area contributed by atoms with Crippen LogP contribution in [0.5, 0.6) is 0 Å². The average Bonchev–Trinajstić information content (AvgIpc) is 2.71. The molecule has 0 aliphatic heterocycles. The molecule has 1 saturated carbocycles. The Balaban J connectivity index is 2.16. The van der Waals surface area contributed by atoms with E-state index in [1.807, 2.05) is 20.2 Å². The Hall–Kier alpha value is -0.930. The largest absolute Gasteiger partial charge is 0.377 e. The quantitative estimate of drug-likeness (QED) is 0.830. The van der Waals surface area contributed by atoms with Crippen molar-refractivity contribution in [3.05, 3.63) is 35.6 Å². The van der Waals surface area contributed by atoms with Crippen LogP contribution in [0, 0.1) is 5.82 Å². The van der Waals surface area contributed by atoms with E-state index in [4.69, 9.17) is 4.74 Å². The lowest BCUT2D eigenvalue weighted by Gasteiger charge is -2.39. The number of nitrogens with one attached hydrogen (secondary N) is 1. The molecule has 0 spiro atoms. The van der Waals surface area contributed by atoms with Crippen LogP contribution in [0.2, 0.25) is 0 Å². The molecule has 1 aromatic carbocycles. The van der Waals surface area contributed by atoms with E-state index in [2.05, 4.69) is 5.32 Å². The van der Waals surface area contributed by atoms with E-state index in [-0.39, 0.29) is 17.5 Å². The molecule has 20 heavy (non-hydrogen) atoms. The molecule has 1 aliphatic carbocycles. The van der Waals surface area contributed by atoms with Crippen molar-refractivity contribution in [1.82, 2.24) is 5.32 Å². The second-order valence-corrected chi connectivity index (χ2v) is 5.86. The number of benzene rings is 1. The van der Waals surface area contributed by atoms with Crippen molar-refractivity contribution in [2.24, 2.45) is 0 Å². The maximum Gasteiger partial charge on any atom is 0.123 e. The maximum absolute atomic E-state index is 13.4. The summed E-state index contributed by atoms with van der Waals surface area (Å²) in [5.74, 6) is -0.162. The number of rotatable bonds is 5. The average molecular weight is 279 g/mol. The molecule has 1 aliphatic rings. The fourth-order valence-electron chi connectivity index (χ4n) is 3.47. The van der Waals surface area contributed by atoms with Gasteiger partial charge >= 0.3 is 0 Å². The van der Waals surface area contributed by atoms with Gasteiger partial charge in [0.1, 0.15) is 5.82 Å². The molecule has 1 fully saturated rings. The molecule has 3 heteroatoms. The molecule has 112 valence electrons. The third-order valence-electron chi connectivity index (χ3n) is 4.67. The van der Waals surface area contributed by atoms with Crippen LogP contribution >= 0.6 is 0 Å². The Kier molecular flexibility index (Phi) is 5.55. The molecule has 0 amide bonds. The number of hydrogen-bond acceptors (Lipinski definition) is 2. The zero-order valence-corrected chi connectivity index (χ0v) is 12.6. The van der Waals surface area contributed by atoms with Gasteiger partial charge in [-0.25, -0.2) is 4.39 Å². The van der Waals surface area contributed by atoms with Gasteiger partial charge in [0.15, 0.2) is 0 Å². The highest BCUT2D eigenvalue weighted by Crippen LogP contribution is 2.34. The highest BCUT2D eigenvalue weighted by atomic mass is 19.1. The number of methoxy groups -OCH3 is 1. The van der Waals surface area contributed by atoms with E-state index < -0.39 is 0 Å². The van der Waals surface area contributed by atoms with Gasteiger partial charge in [0.25, 0.3) is 0 Å². The topological polar surface area (TPSA) is 21.3 Å². The molecule has 0 heterocycles. The lowest BCUT2D eigenvalue weighted by molar-refractivity contribution is -0.0509. The van der Waals surface area contributed by atoms with Gasteiger partial charge in [-0.05, 0) is 44.0 Å². The fraction of sp³-hybridized carbons (Fsp3) is 0.647. The van der Waals surface area contributed by atoms with Crippen molar-refractivity contribution in [3.63, 3.8) is 0 Å². The lowest BCUT2D eigenvalue weighted by Crippen LogP contribution is -2.52. The summed E-state index contributed by atoms with van der Waals surface area (Å²) in [6.07, 6.45) is 8.00. The first kappa shape index (κ1) is 15.5. The van der Waals surface area contributed by atoms with Crippen LogP contribution in [0.15, 0.2) is 24.3 Å². The standard InChI is InChI=1S/C17H26FNO/c1-19-16(13-14-8-7-9-15(18)12-14)17(20-2)10-5-3-4-6-11-17/h7-9,12,16,19H,3-6,10-11,13H2,1-2H3. The minimum Gasteiger partial charge on any atom is -0.377 e. The van der Waals surface area contributed by atoms with Crippen molar-refractivity contribution < 1.29 is 9.13 Å². The van der Waals surface area contributed by atoms with Crippen molar-refractivity contribution >= 4 is 0 Å². The zero-order chi connectivity index (χ0) is 14.4. The molecule has 1 aromatic rings. The predicted molar refractivity (Wildman–Crippen MR) is 80.4 cm³/mol. The SMILES string of the molecule is CNC(Cc1cccc(F)c1)C1(OC)CCCCCC1. The Bertz CT molecular complexity index is 413. The first-order valence-corrected chi connectivity index (χ1v) is 7.67. The van der Waals surface area contributed by atoms with E-state index in [1.54, 1.807) is 12.1 Å². The van der Waals surface area contributed by atoms with Crippen LogP contribution in [0.25, 0.3) is 0 Å². The molecular formula is C17H26FNO. The van der Waals surface area contributed by atoms with Gasteiger partial charge in [-0.3, -0.25) is 0 Å². The van der Waals surface area contributed by atoms with E-state index in [1.165, 1.54) is 31.7 Å². The van der Waals surface area contributed by atoms with Gasteiger partial charge in [-0.2, -0.15) is 0 Å². The van der Waals surface area contributed by atoms with Gasteiger partial charge in [0.05, 0.1) is 5.60 Å². The van der Waals surface area contributed by atoms with Crippen molar-refractivity contribution in [1.29, 1.82) is 0 Å². The van der Waals surface area contributed by atoms with Crippen LogP contribution in [0.3, 0.4) is 0 Å². The first-order chi connectivity index (χ1) is 9.70. The molecule has 1 N–H and O–H groups in total. The van der Waals surface area contributed by atoms with Gasteiger partial charge in [-0.1, -0.05) is 37.8 Å². The van der Waals surface area contributed by atoms with E-state index >= 15 is 0 Å². The molecule has 1 atom stereocenters. The second-order valence-electron chi connectivity index (χ2n) is 5.86. The molecule has 0 radical (unpaired) electrons. The predicted octanol–water partition coefficient (Wildman–Crippen LogP) is 3.70. The summed E-state index contributed by atoms with van der Waals surface area (Å²) < 4.78 is 19.3. The van der Waals surface area contributed by atoms with E-state index in [0.29, 0.717) is 0 Å². The summed E-state index contributed by atoms with van der Waals surface area (Å²) in [6.45, 7) is 0. The number of likely N-dealkylation sites (N-methyl/N-ethyl adjacent to an activating group) is 1. The maximum atomic E-state index is 13.4. The highest BCUT2D eigenvalue weighted by molar-refractivity contribution is 5.18. The summed E-state index contributed by atoms with van der Waals surface area (Å²) in [7, 11) is 3.80. The van der Waals surface area contributed by atoms with Crippen LogP contribution in [-0.4, -0.2) is 25.8 Å². The first-order valence-electron chi connectivity index (χ1n) is 7.67. The van der Waals surface area contributed by atoms with Gasteiger partial charge in [-0.15, -0.1) is 0 Å². The minimum absolute atomic E-state index is 0.114. The van der Waals surface area contributed by atoms with Gasteiger partial charge in [0.2, 0.25) is 0 Å². The molecule has 1 unspecified atom stereocenters. The van der Waals surface area contributed by atoms with Crippen LogP contribution in [0.1, 0.15) is 44.1 Å². The Morgan fingerprint density at radius 1 is 1.25 bits per heavy atom. The molecule has 2 rings (SSSR count). The highest BCUT2D eigenvalue weighted by Gasteiger charge is 2.38. The summed E-state index contributed by atoms with van der Waals surface area (Å²) in [5.41, 5.74) is 0.919. The van der Waals surface area contributed by atoms with Crippen LogP contribution in [-0.2, 0) is 11.2 Å². The van der Waals surface area contributed by atoms with Gasteiger partial charge < -0.3 is 10.1 Å². The second kappa shape index (κ2) is 7.19.